The number of carbonyl (C=O) groups is 1. The van der Waals surface area contributed by atoms with Crippen molar-refractivity contribution in [1.29, 1.82) is 0 Å². The van der Waals surface area contributed by atoms with E-state index in [4.69, 9.17) is 16.3 Å². The largest absolute Gasteiger partial charge is 0.481 e. The van der Waals surface area contributed by atoms with Gasteiger partial charge in [0.1, 0.15) is 5.75 Å². The van der Waals surface area contributed by atoms with E-state index in [9.17, 15) is 4.79 Å². The van der Waals surface area contributed by atoms with Crippen LogP contribution in [0.15, 0.2) is 60.7 Å². The summed E-state index contributed by atoms with van der Waals surface area (Å²) in [5.41, 5.74) is 1.71. The first-order chi connectivity index (χ1) is 12.1. The zero-order chi connectivity index (χ0) is 17.8. The molecule has 3 rings (SSSR count). The van der Waals surface area contributed by atoms with Crippen LogP contribution in [0.5, 0.6) is 5.75 Å². The molecule has 0 spiro atoms. The lowest BCUT2D eigenvalue weighted by atomic mass is 10.1. The average molecular weight is 354 g/mol. The van der Waals surface area contributed by atoms with Crippen LogP contribution in [0.2, 0.25) is 5.02 Å². The summed E-state index contributed by atoms with van der Waals surface area (Å²) in [6.45, 7) is 3.84. The van der Waals surface area contributed by atoms with E-state index in [1.54, 1.807) is 12.1 Å². The lowest BCUT2D eigenvalue weighted by Gasteiger charge is -2.18. The maximum absolute atomic E-state index is 12.7. The number of ether oxygens (including phenoxy) is 1. The zero-order valence-electron chi connectivity index (χ0n) is 14.3. The summed E-state index contributed by atoms with van der Waals surface area (Å²) in [6, 6.07) is 19.2. The van der Waals surface area contributed by atoms with Crippen molar-refractivity contribution in [1.82, 2.24) is 0 Å². The summed E-state index contributed by atoms with van der Waals surface area (Å²) in [7, 11) is 0. The minimum Gasteiger partial charge on any atom is -0.481 e. The number of hydrogen-bond acceptors (Lipinski definition) is 2. The number of halogens is 1. The highest BCUT2D eigenvalue weighted by Gasteiger charge is 2.19. The molecule has 25 heavy (non-hydrogen) atoms. The van der Waals surface area contributed by atoms with Gasteiger partial charge in [-0.15, -0.1) is 0 Å². The topological polar surface area (TPSA) is 38.3 Å². The van der Waals surface area contributed by atoms with Gasteiger partial charge in [0.05, 0.1) is 0 Å². The fraction of sp³-hybridized carbons (Fsp3) is 0.190. The van der Waals surface area contributed by atoms with Gasteiger partial charge in [0.15, 0.2) is 6.10 Å². The summed E-state index contributed by atoms with van der Waals surface area (Å²) in [6.07, 6.45) is -0.00214. The molecule has 0 saturated heterocycles. The molecular weight excluding hydrogens is 334 g/mol. The van der Waals surface area contributed by atoms with Crippen LogP contribution < -0.4 is 10.1 Å². The zero-order valence-corrected chi connectivity index (χ0v) is 15.0. The van der Waals surface area contributed by atoms with E-state index in [1.807, 2.05) is 62.4 Å². The van der Waals surface area contributed by atoms with Crippen LogP contribution in [0.1, 0.15) is 18.9 Å². The second-order valence-electron chi connectivity index (χ2n) is 5.94. The fourth-order valence-electron chi connectivity index (χ4n) is 2.72. The molecule has 0 aromatic heterocycles. The van der Waals surface area contributed by atoms with Crippen LogP contribution in [0.4, 0.5) is 5.69 Å². The highest BCUT2D eigenvalue weighted by Crippen LogP contribution is 2.25. The Balaban J connectivity index is 1.79. The van der Waals surface area contributed by atoms with E-state index < -0.39 is 6.10 Å². The maximum Gasteiger partial charge on any atom is 0.265 e. The number of rotatable bonds is 5. The highest BCUT2D eigenvalue weighted by atomic mass is 35.5. The molecule has 1 unspecified atom stereocenters. The molecule has 3 nitrogen and oxygen atoms in total. The first-order valence-electron chi connectivity index (χ1n) is 8.30. The van der Waals surface area contributed by atoms with Crippen molar-refractivity contribution in [3.8, 4) is 5.75 Å². The standard InChI is InChI=1S/C21H20ClNO2/c1-3-20(25-16-11-12-18(22)14(2)13-16)21(24)23-19-10-6-8-15-7-4-5-9-17(15)19/h4-13,20H,3H2,1-2H3,(H,23,24). The fourth-order valence-corrected chi connectivity index (χ4v) is 2.84. The number of benzene rings is 3. The van der Waals surface area contributed by atoms with Gasteiger partial charge in [-0.2, -0.15) is 0 Å². The second-order valence-corrected chi connectivity index (χ2v) is 6.35. The lowest BCUT2D eigenvalue weighted by molar-refractivity contribution is -0.122. The van der Waals surface area contributed by atoms with E-state index in [2.05, 4.69) is 5.32 Å². The summed E-state index contributed by atoms with van der Waals surface area (Å²) in [5, 5.41) is 5.77. The molecule has 0 radical (unpaired) electrons. The number of hydrogen-bond donors (Lipinski definition) is 1. The molecule has 3 aromatic carbocycles. The number of aryl methyl sites for hydroxylation is 1. The molecule has 1 N–H and O–H groups in total. The van der Waals surface area contributed by atoms with Crippen LogP contribution in [0.25, 0.3) is 10.8 Å². The molecular formula is C21H20ClNO2. The first-order valence-corrected chi connectivity index (χ1v) is 8.67. The number of anilines is 1. The number of nitrogens with one attached hydrogen (secondary N) is 1. The van der Waals surface area contributed by atoms with Gasteiger partial charge in [-0.25, -0.2) is 0 Å². The van der Waals surface area contributed by atoms with E-state index in [0.717, 1.165) is 22.0 Å². The Kier molecular flexibility index (Phi) is 5.25. The van der Waals surface area contributed by atoms with Crippen molar-refractivity contribution >= 4 is 34.0 Å². The van der Waals surface area contributed by atoms with Crippen LogP contribution in [-0.4, -0.2) is 12.0 Å². The Morgan fingerprint density at radius 1 is 1.12 bits per heavy atom. The van der Waals surface area contributed by atoms with E-state index >= 15 is 0 Å². The van der Waals surface area contributed by atoms with E-state index in [0.29, 0.717) is 17.2 Å². The molecule has 0 aliphatic carbocycles. The highest BCUT2D eigenvalue weighted by molar-refractivity contribution is 6.31. The molecule has 1 amide bonds. The van der Waals surface area contributed by atoms with Gasteiger partial charge in [0.25, 0.3) is 5.91 Å². The van der Waals surface area contributed by atoms with Crippen LogP contribution in [0, 0.1) is 6.92 Å². The van der Waals surface area contributed by atoms with Crippen molar-refractivity contribution in [3.63, 3.8) is 0 Å². The normalized spacial score (nSPS) is 12.0. The predicted molar refractivity (Wildman–Crippen MR) is 103 cm³/mol. The van der Waals surface area contributed by atoms with Crippen LogP contribution in [-0.2, 0) is 4.79 Å². The summed E-state index contributed by atoms with van der Waals surface area (Å²) < 4.78 is 5.87. The van der Waals surface area contributed by atoms with Gasteiger partial charge in [-0.05, 0) is 48.6 Å². The molecule has 4 heteroatoms. The van der Waals surface area contributed by atoms with Crippen LogP contribution in [0.3, 0.4) is 0 Å². The molecule has 0 aliphatic heterocycles. The van der Waals surface area contributed by atoms with Crippen molar-refractivity contribution in [2.75, 3.05) is 5.32 Å². The number of fused-ring (bicyclic) bond motifs is 1. The minimum absolute atomic E-state index is 0.161. The van der Waals surface area contributed by atoms with Gasteiger partial charge in [0.2, 0.25) is 0 Å². The molecule has 128 valence electrons. The van der Waals surface area contributed by atoms with E-state index in [-0.39, 0.29) is 5.91 Å². The van der Waals surface area contributed by atoms with Crippen LogP contribution >= 0.6 is 11.6 Å². The Morgan fingerprint density at radius 2 is 1.88 bits per heavy atom. The van der Waals surface area contributed by atoms with Gasteiger partial charge in [-0.3, -0.25) is 4.79 Å². The second kappa shape index (κ2) is 7.58. The first kappa shape index (κ1) is 17.3. The molecule has 1 atom stereocenters. The molecule has 0 fully saturated rings. The lowest BCUT2D eigenvalue weighted by Crippen LogP contribution is -2.32. The predicted octanol–water partition coefficient (Wildman–Crippen LogP) is 5.60. The van der Waals surface area contributed by atoms with Gasteiger partial charge in [0, 0.05) is 16.1 Å². The average Bonchev–Trinajstić information content (AvgIpc) is 2.63. The summed E-state index contributed by atoms with van der Waals surface area (Å²) >= 11 is 6.04. The maximum atomic E-state index is 12.7. The van der Waals surface area contributed by atoms with Gasteiger partial charge >= 0.3 is 0 Å². The summed E-state index contributed by atoms with van der Waals surface area (Å²) in [4.78, 5) is 12.7. The molecule has 3 aromatic rings. The van der Waals surface area contributed by atoms with Crippen molar-refractivity contribution in [2.45, 2.75) is 26.4 Å². The third-order valence-electron chi connectivity index (χ3n) is 4.12. The Morgan fingerprint density at radius 3 is 2.64 bits per heavy atom. The quantitative estimate of drug-likeness (QED) is 0.648. The van der Waals surface area contributed by atoms with Gasteiger partial charge < -0.3 is 10.1 Å². The smallest absolute Gasteiger partial charge is 0.265 e. The van der Waals surface area contributed by atoms with E-state index in [1.165, 1.54) is 0 Å². The molecule has 0 bridgehead atoms. The van der Waals surface area contributed by atoms with Crippen molar-refractivity contribution in [2.24, 2.45) is 0 Å². The summed E-state index contributed by atoms with van der Waals surface area (Å²) in [5.74, 6) is 0.480. The van der Waals surface area contributed by atoms with Crippen molar-refractivity contribution < 1.29 is 9.53 Å². The minimum atomic E-state index is -0.570. The molecule has 0 aliphatic rings. The Labute approximate surface area is 152 Å². The number of carbonyl (C=O) groups excluding carboxylic acids is 1. The molecule has 0 heterocycles. The number of amides is 1. The third-order valence-corrected chi connectivity index (χ3v) is 4.54. The van der Waals surface area contributed by atoms with Crippen molar-refractivity contribution in [3.05, 3.63) is 71.2 Å². The van der Waals surface area contributed by atoms with Gasteiger partial charge in [-0.1, -0.05) is 54.9 Å². The molecule has 0 saturated carbocycles. The Bertz CT molecular complexity index is 902. The monoisotopic (exact) mass is 353 g/mol. The Hall–Kier alpha value is -2.52. The third kappa shape index (κ3) is 3.94. The SMILES string of the molecule is CCC(Oc1ccc(Cl)c(C)c1)C(=O)Nc1cccc2ccccc12.